The van der Waals surface area contributed by atoms with Gasteiger partial charge in [0.2, 0.25) is 0 Å². The Morgan fingerprint density at radius 2 is 1.68 bits per heavy atom. The van der Waals surface area contributed by atoms with Crippen LogP contribution in [0.4, 0.5) is 28.7 Å². The van der Waals surface area contributed by atoms with Gasteiger partial charge in [-0.2, -0.15) is 0 Å². The summed E-state index contributed by atoms with van der Waals surface area (Å²) < 4.78 is 5.69. The van der Waals surface area contributed by atoms with Crippen LogP contribution in [0.25, 0.3) is 0 Å². The van der Waals surface area contributed by atoms with E-state index in [2.05, 4.69) is 52.6 Å². The van der Waals surface area contributed by atoms with Crippen molar-refractivity contribution in [2.24, 2.45) is 0 Å². The van der Waals surface area contributed by atoms with Crippen LogP contribution >= 0.6 is 0 Å². The molecule has 0 bridgehead atoms. The summed E-state index contributed by atoms with van der Waals surface area (Å²) in [4.78, 5) is 8.58. The van der Waals surface area contributed by atoms with E-state index < -0.39 is 0 Å². The van der Waals surface area contributed by atoms with Gasteiger partial charge >= 0.3 is 0 Å². The summed E-state index contributed by atoms with van der Waals surface area (Å²) >= 11 is 0. The number of ether oxygens (including phenoxy) is 1. The number of anilines is 5. The second-order valence-electron chi connectivity index (χ2n) is 6.78. The molecule has 0 fully saturated rings. The van der Waals surface area contributed by atoms with E-state index in [1.54, 1.807) is 0 Å². The molecule has 3 aromatic rings. The first-order valence-corrected chi connectivity index (χ1v) is 9.51. The number of nitrogen functional groups attached to an aromatic ring is 1. The molecular formula is C22H27N5O. The van der Waals surface area contributed by atoms with Gasteiger partial charge in [0.1, 0.15) is 17.8 Å². The van der Waals surface area contributed by atoms with Gasteiger partial charge in [-0.25, -0.2) is 9.97 Å². The Bertz CT molecular complexity index is 925. The maximum atomic E-state index is 6.30. The molecule has 0 radical (unpaired) electrons. The van der Waals surface area contributed by atoms with Crippen LogP contribution in [0, 0.1) is 13.8 Å². The Balaban J connectivity index is 1.73. The van der Waals surface area contributed by atoms with E-state index >= 15 is 0 Å². The summed E-state index contributed by atoms with van der Waals surface area (Å²) in [6.45, 7) is 6.97. The summed E-state index contributed by atoms with van der Waals surface area (Å²) in [6.07, 6.45) is 3.66. The van der Waals surface area contributed by atoms with Crippen molar-refractivity contribution in [3.8, 4) is 5.75 Å². The molecule has 6 heteroatoms. The maximum absolute atomic E-state index is 6.30. The van der Waals surface area contributed by atoms with E-state index in [9.17, 15) is 0 Å². The molecular weight excluding hydrogens is 350 g/mol. The van der Waals surface area contributed by atoms with Crippen molar-refractivity contribution in [1.82, 2.24) is 9.97 Å². The number of unbranched alkanes of at least 4 members (excludes halogenated alkanes) is 1. The SMILES string of the molecule is CCCCOc1ccc(Nc2ncnc(Nc3cc(C)ccc3C)c2N)cc1. The molecule has 0 aliphatic heterocycles. The minimum atomic E-state index is 0.465. The van der Waals surface area contributed by atoms with E-state index in [0.717, 1.165) is 42.1 Å². The van der Waals surface area contributed by atoms with Gasteiger partial charge in [0, 0.05) is 11.4 Å². The molecule has 1 heterocycles. The number of benzene rings is 2. The number of hydrogen-bond donors (Lipinski definition) is 3. The second kappa shape index (κ2) is 9.08. The minimum absolute atomic E-state index is 0.465. The van der Waals surface area contributed by atoms with Crippen molar-refractivity contribution in [1.29, 1.82) is 0 Å². The molecule has 0 saturated heterocycles. The van der Waals surface area contributed by atoms with Gasteiger partial charge in [-0.05, 0) is 61.7 Å². The van der Waals surface area contributed by atoms with Gasteiger partial charge in [0.25, 0.3) is 0 Å². The predicted molar refractivity (Wildman–Crippen MR) is 116 cm³/mol. The van der Waals surface area contributed by atoms with Crippen molar-refractivity contribution in [2.45, 2.75) is 33.6 Å². The molecule has 0 spiro atoms. The molecule has 6 nitrogen and oxygen atoms in total. The lowest BCUT2D eigenvalue weighted by molar-refractivity contribution is 0.309. The van der Waals surface area contributed by atoms with Crippen LogP contribution < -0.4 is 21.1 Å². The zero-order valence-electron chi connectivity index (χ0n) is 16.6. The molecule has 28 heavy (non-hydrogen) atoms. The number of rotatable bonds is 8. The molecule has 4 N–H and O–H groups in total. The number of aromatic nitrogens is 2. The van der Waals surface area contributed by atoms with Crippen molar-refractivity contribution >= 4 is 28.7 Å². The first kappa shape index (κ1) is 19.5. The van der Waals surface area contributed by atoms with Crippen LogP contribution in [0.2, 0.25) is 0 Å². The highest BCUT2D eigenvalue weighted by molar-refractivity contribution is 5.80. The molecule has 146 valence electrons. The smallest absolute Gasteiger partial charge is 0.159 e. The molecule has 1 aromatic heterocycles. The average molecular weight is 377 g/mol. The van der Waals surface area contributed by atoms with Gasteiger partial charge in [0.15, 0.2) is 11.6 Å². The van der Waals surface area contributed by atoms with Gasteiger partial charge in [-0.15, -0.1) is 0 Å². The third-order valence-electron chi connectivity index (χ3n) is 4.41. The second-order valence-corrected chi connectivity index (χ2v) is 6.78. The number of aryl methyl sites for hydroxylation is 2. The van der Waals surface area contributed by atoms with Crippen molar-refractivity contribution in [3.05, 3.63) is 59.9 Å². The van der Waals surface area contributed by atoms with Crippen molar-refractivity contribution < 1.29 is 4.74 Å². The molecule has 0 saturated carbocycles. The molecule has 0 aliphatic carbocycles. The van der Waals surface area contributed by atoms with Gasteiger partial charge in [-0.3, -0.25) is 0 Å². The van der Waals surface area contributed by atoms with Gasteiger partial charge in [0.05, 0.1) is 6.61 Å². The van der Waals surface area contributed by atoms with E-state index in [-0.39, 0.29) is 0 Å². The Labute approximate surface area is 166 Å². The van der Waals surface area contributed by atoms with E-state index in [4.69, 9.17) is 10.5 Å². The first-order valence-electron chi connectivity index (χ1n) is 9.51. The molecule has 0 aliphatic rings. The lowest BCUT2D eigenvalue weighted by Crippen LogP contribution is -2.06. The molecule has 0 amide bonds. The number of nitrogens with two attached hydrogens (primary N) is 1. The highest BCUT2D eigenvalue weighted by Gasteiger charge is 2.10. The quantitative estimate of drug-likeness (QED) is 0.459. The Morgan fingerprint density at radius 1 is 0.964 bits per heavy atom. The minimum Gasteiger partial charge on any atom is -0.494 e. The van der Waals surface area contributed by atoms with Crippen molar-refractivity contribution in [2.75, 3.05) is 23.0 Å². The standard InChI is InChI=1S/C22H27N5O/c1-4-5-12-28-18-10-8-17(9-11-18)26-21-20(23)22(25-14-24-21)27-19-13-15(2)6-7-16(19)3/h6-11,13-14H,4-5,12,23H2,1-3H3,(H2,24,25,26,27). The monoisotopic (exact) mass is 377 g/mol. The lowest BCUT2D eigenvalue weighted by Gasteiger charge is -2.14. The fraction of sp³-hybridized carbons (Fsp3) is 0.273. The summed E-state index contributed by atoms with van der Waals surface area (Å²) in [5.74, 6) is 1.99. The number of hydrogen-bond acceptors (Lipinski definition) is 6. The average Bonchev–Trinajstić information content (AvgIpc) is 2.69. The zero-order chi connectivity index (χ0) is 19.9. The topological polar surface area (TPSA) is 85.1 Å². The summed E-state index contributed by atoms with van der Waals surface area (Å²) in [5, 5.41) is 6.56. The van der Waals surface area contributed by atoms with Crippen LogP contribution in [-0.2, 0) is 0 Å². The van der Waals surface area contributed by atoms with E-state index in [0.29, 0.717) is 17.3 Å². The van der Waals surface area contributed by atoms with E-state index in [1.165, 1.54) is 11.9 Å². The maximum Gasteiger partial charge on any atom is 0.159 e. The van der Waals surface area contributed by atoms with Crippen LogP contribution in [-0.4, -0.2) is 16.6 Å². The third kappa shape index (κ3) is 4.91. The molecule has 0 unspecified atom stereocenters. The van der Waals surface area contributed by atoms with Crippen LogP contribution in [0.3, 0.4) is 0 Å². The highest BCUT2D eigenvalue weighted by Crippen LogP contribution is 2.30. The Hall–Kier alpha value is -3.28. The number of nitrogens with one attached hydrogen (secondary N) is 2. The fourth-order valence-electron chi connectivity index (χ4n) is 2.70. The summed E-state index contributed by atoms with van der Waals surface area (Å²) in [7, 11) is 0. The normalized spacial score (nSPS) is 10.5. The lowest BCUT2D eigenvalue weighted by atomic mass is 10.1. The zero-order valence-corrected chi connectivity index (χ0v) is 16.6. The first-order chi connectivity index (χ1) is 13.6. The van der Waals surface area contributed by atoms with E-state index in [1.807, 2.05) is 31.2 Å². The largest absolute Gasteiger partial charge is 0.494 e. The van der Waals surface area contributed by atoms with Crippen molar-refractivity contribution in [3.63, 3.8) is 0 Å². The Kier molecular flexibility index (Phi) is 6.32. The van der Waals surface area contributed by atoms with Crippen LogP contribution in [0.5, 0.6) is 5.75 Å². The van der Waals surface area contributed by atoms with Crippen LogP contribution in [0.1, 0.15) is 30.9 Å². The third-order valence-corrected chi connectivity index (χ3v) is 4.41. The highest BCUT2D eigenvalue weighted by atomic mass is 16.5. The molecule has 3 rings (SSSR count). The summed E-state index contributed by atoms with van der Waals surface area (Å²) in [6, 6.07) is 14.0. The number of nitrogens with zero attached hydrogens (tertiary/aromatic N) is 2. The summed E-state index contributed by atoms with van der Waals surface area (Å²) in [5.41, 5.74) is 10.9. The van der Waals surface area contributed by atoms with Crippen LogP contribution in [0.15, 0.2) is 48.8 Å². The Morgan fingerprint density at radius 3 is 2.39 bits per heavy atom. The fourth-order valence-corrected chi connectivity index (χ4v) is 2.70. The van der Waals surface area contributed by atoms with Gasteiger partial charge < -0.3 is 21.1 Å². The molecule has 0 atom stereocenters. The predicted octanol–water partition coefficient (Wildman–Crippen LogP) is 5.34. The molecule has 2 aromatic carbocycles. The van der Waals surface area contributed by atoms with Gasteiger partial charge in [-0.1, -0.05) is 25.5 Å².